The molecular formula is C19H21N3O3. The monoisotopic (exact) mass is 339 g/mol. The average Bonchev–Trinajstić information content (AvgIpc) is 3.01. The molecule has 3 aromatic rings. The molecule has 1 heterocycles. The molecule has 0 saturated heterocycles. The van der Waals surface area contributed by atoms with E-state index in [-0.39, 0.29) is 6.04 Å². The second-order valence-electron chi connectivity index (χ2n) is 5.62. The van der Waals surface area contributed by atoms with E-state index in [9.17, 15) is 4.79 Å². The lowest BCUT2D eigenvalue weighted by Gasteiger charge is -2.15. The number of nitrogens with one attached hydrogen (secondary N) is 1. The summed E-state index contributed by atoms with van der Waals surface area (Å²) >= 11 is 0. The van der Waals surface area contributed by atoms with Crippen LogP contribution < -0.4 is 14.8 Å². The number of carbonyl (C=O) groups is 1. The van der Waals surface area contributed by atoms with Crippen LogP contribution in [0.15, 0.2) is 48.5 Å². The molecule has 0 aliphatic rings. The number of amides is 1. The summed E-state index contributed by atoms with van der Waals surface area (Å²) in [6, 6.07) is 15.3. The van der Waals surface area contributed by atoms with Gasteiger partial charge in [0.15, 0.2) is 11.5 Å². The van der Waals surface area contributed by atoms with Crippen LogP contribution in [0, 0.1) is 0 Å². The van der Waals surface area contributed by atoms with Gasteiger partial charge in [-0.25, -0.2) is 4.98 Å². The summed E-state index contributed by atoms with van der Waals surface area (Å²) in [7, 11) is 1.62. The van der Waals surface area contributed by atoms with Gasteiger partial charge in [-0.15, -0.1) is 0 Å². The van der Waals surface area contributed by atoms with Crippen molar-refractivity contribution >= 4 is 17.4 Å². The van der Waals surface area contributed by atoms with E-state index >= 15 is 0 Å². The highest BCUT2D eigenvalue weighted by atomic mass is 16.5. The Bertz CT molecular complexity index is 860. The van der Waals surface area contributed by atoms with E-state index in [1.54, 1.807) is 7.11 Å². The standard InChI is InChI=1S/C19H21N3O3/c1-14(20-13-23)19-21-15-7-3-4-8-16(15)22(19)11-12-25-18-10-6-5-9-17(18)24-2/h3-10,13-14H,11-12H2,1-2H3,(H,20,23)/t14-/m1/s1. The first-order valence-corrected chi connectivity index (χ1v) is 8.15. The zero-order valence-electron chi connectivity index (χ0n) is 14.3. The van der Waals surface area contributed by atoms with E-state index in [1.165, 1.54) is 0 Å². The second kappa shape index (κ2) is 7.70. The third-order valence-corrected chi connectivity index (χ3v) is 4.03. The number of aromatic nitrogens is 2. The van der Waals surface area contributed by atoms with Crippen molar-refractivity contribution in [3.05, 3.63) is 54.4 Å². The maximum absolute atomic E-state index is 10.8. The topological polar surface area (TPSA) is 65.4 Å². The summed E-state index contributed by atoms with van der Waals surface area (Å²) in [5.74, 6) is 2.21. The van der Waals surface area contributed by atoms with E-state index < -0.39 is 0 Å². The molecule has 6 nitrogen and oxygen atoms in total. The number of imidazole rings is 1. The van der Waals surface area contributed by atoms with Crippen molar-refractivity contribution in [2.75, 3.05) is 13.7 Å². The van der Waals surface area contributed by atoms with Gasteiger partial charge in [-0.2, -0.15) is 0 Å². The van der Waals surface area contributed by atoms with E-state index in [2.05, 4.69) is 14.9 Å². The highest BCUT2D eigenvalue weighted by Gasteiger charge is 2.16. The van der Waals surface area contributed by atoms with Crippen LogP contribution in [0.4, 0.5) is 0 Å². The summed E-state index contributed by atoms with van der Waals surface area (Å²) in [6.45, 7) is 2.98. The van der Waals surface area contributed by atoms with Crippen LogP contribution in [0.3, 0.4) is 0 Å². The van der Waals surface area contributed by atoms with Crippen LogP contribution in [0.5, 0.6) is 11.5 Å². The number of para-hydroxylation sites is 4. The van der Waals surface area contributed by atoms with Gasteiger partial charge in [-0.1, -0.05) is 24.3 Å². The van der Waals surface area contributed by atoms with E-state index in [1.807, 2.05) is 55.5 Å². The minimum Gasteiger partial charge on any atom is -0.493 e. The van der Waals surface area contributed by atoms with Crippen molar-refractivity contribution in [3.8, 4) is 11.5 Å². The number of hydrogen-bond donors (Lipinski definition) is 1. The minimum atomic E-state index is -0.184. The van der Waals surface area contributed by atoms with Gasteiger partial charge >= 0.3 is 0 Å². The molecule has 0 unspecified atom stereocenters. The lowest BCUT2D eigenvalue weighted by atomic mass is 10.3. The van der Waals surface area contributed by atoms with Gasteiger partial charge in [0, 0.05) is 0 Å². The predicted molar refractivity (Wildman–Crippen MR) is 95.8 cm³/mol. The molecule has 0 saturated carbocycles. The van der Waals surface area contributed by atoms with E-state index in [0.717, 1.165) is 16.9 Å². The van der Waals surface area contributed by atoms with Crippen molar-refractivity contribution in [1.82, 2.24) is 14.9 Å². The van der Waals surface area contributed by atoms with Crippen LogP contribution in [0.25, 0.3) is 11.0 Å². The SMILES string of the molecule is COc1ccccc1OCCn1c([C@@H](C)NC=O)nc2ccccc21. The third-order valence-electron chi connectivity index (χ3n) is 4.03. The van der Waals surface area contributed by atoms with Gasteiger partial charge in [-0.05, 0) is 31.2 Å². The zero-order valence-corrected chi connectivity index (χ0v) is 14.3. The molecule has 25 heavy (non-hydrogen) atoms. The van der Waals surface area contributed by atoms with E-state index in [0.29, 0.717) is 31.1 Å². The Morgan fingerprint density at radius 1 is 1.16 bits per heavy atom. The Hall–Kier alpha value is -3.02. The molecule has 6 heteroatoms. The second-order valence-corrected chi connectivity index (χ2v) is 5.62. The largest absolute Gasteiger partial charge is 0.493 e. The smallest absolute Gasteiger partial charge is 0.207 e. The molecule has 1 amide bonds. The van der Waals surface area contributed by atoms with Gasteiger partial charge in [0.2, 0.25) is 6.41 Å². The van der Waals surface area contributed by atoms with Crippen LogP contribution in [0.1, 0.15) is 18.8 Å². The van der Waals surface area contributed by atoms with Crippen molar-refractivity contribution < 1.29 is 14.3 Å². The maximum atomic E-state index is 10.8. The molecular weight excluding hydrogens is 318 g/mol. The van der Waals surface area contributed by atoms with Crippen LogP contribution in [-0.4, -0.2) is 29.7 Å². The van der Waals surface area contributed by atoms with Gasteiger partial charge in [0.25, 0.3) is 0 Å². The number of methoxy groups -OCH3 is 1. The Kier molecular flexibility index (Phi) is 5.18. The fraction of sp³-hybridized carbons (Fsp3) is 0.263. The highest BCUT2D eigenvalue weighted by molar-refractivity contribution is 5.76. The fourth-order valence-corrected chi connectivity index (χ4v) is 2.82. The molecule has 130 valence electrons. The maximum Gasteiger partial charge on any atom is 0.207 e. The lowest BCUT2D eigenvalue weighted by molar-refractivity contribution is -0.110. The van der Waals surface area contributed by atoms with Crippen LogP contribution in [0.2, 0.25) is 0 Å². The first-order valence-electron chi connectivity index (χ1n) is 8.15. The highest BCUT2D eigenvalue weighted by Crippen LogP contribution is 2.26. The van der Waals surface area contributed by atoms with Gasteiger partial charge < -0.3 is 19.4 Å². The molecule has 0 aliphatic heterocycles. The number of carbonyl (C=O) groups excluding carboxylic acids is 1. The number of rotatable bonds is 8. The van der Waals surface area contributed by atoms with Crippen molar-refractivity contribution in [3.63, 3.8) is 0 Å². The number of ether oxygens (including phenoxy) is 2. The number of fused-ring (bicyclic) bond motifs is 1. The molecule has 0 fully saturated rings. The number of hydrogen-bond acceptors (Lipinski definition) is 4. The quantitative estimate of drug-likeness (QED) is 0.641. The molecule has 2 aromatic carbocycles. The van der Waals surface area contributed by atoms with E-state index in [4.69, 9.17) is 9.47 Å². The first kappa shape index (κ1) is 16.8. The van der Waals surface area contributed by atoms with Crippen molar-refractivity contribution in [1.29, 1.82) is 0 Å². The molecule has 1 N–H and O–H groups in total. The molecule has 0 aliphatic carbocycles. The van der Waals surface area contributed by atoms with Crippen molar-refractivity contribution in [2.24, 2.45) is 0 Å². The van der Waals surface area contributed by atoms with Crippen LogP contribution >= 0.6 is 0 Å². The summed E-state index contributed by atoms with van der Waals surface area (Å²) in [5.41, 5.74) is 1.91. The predicted octanol–water partition coefficient (Wildman–Crippen LogP) is 2.93. The molecule has 1 atom stereocenters. The molecule has 1 aromatic heterocycles. The lowest BCUT2D eigenvalue weighted by Crippen LogP contribution is -2.22. The average molecular weight is 339 g/mol. The molecule has 0 bridgehead atoms. The zero-order chi connectivity index (χ0) is 17.6. The number of benzene rings is 2. The Morgan fingerprint density at radius 3 is 2.64 bits per heavy atom. The normalized spacial score (nSPS) is 11.9. The van der Waals surface area contributed by atoms with Gasteiger partial charge in [0.1, 0.15) is 12.4 Å². The molecule has 0 spiro atoms. The third kappa shape index (κ3) is 3.57. The van der Waals surface area contributed by atoms with Crippen molar-refractivity contribution in [2.45, 2.75) is 19.5 Å². The summed E-state index contributed by atoms with van der Waals surface area (Å²) in [4.78, 5) is 15.4. The summed E-state index contributed by atoms with van der Waals surface area (Å²) in [6.07, 6.45) is 0.694. The summed E-state index contributed by atoms with van der Waals surface area (Å²) < 4.78 is 13.3. The summed E-state index contributed by atoms with van der Waals surface area (Å²) in [5, 5.41) is 2.76. The molecule has 0 radical (unpaired) electrons. The number of nitrogens with zero attached hydrogens (tertiary/aromatic N) is 2. The minimum absolute atomic E-state index is 0.184. The molecule has 3 rings (SSSR count). The fourth-order valence-electron chi connectivity index (χ4n) is 2.82. The van der Waals surface area contributed by atoms with Crippen LogP contribution in [-0.2, 0) is 11.3 Å². The van der Waals surface area contributed by atoms with Gasteiger partial charge in [-0.3, -0.25) is 4.79 Å². The van der Waals surface area contributed by atoms with Gasteiger partial charge in [0.05, 0.1) is 30.7 Å². The Balaban J connectivity index is 1.82. The Morgan fingerprint density at radius 2 is 1.88 bits per heavy atom. The Labute approximate surface area is 146 Å². The first-order chi connectivity index (χ1) is 12.2.